The molecule has 104 valence electrons. The molecule has 4 saturated carbocycles. The number of carbonyl (C=O) groups is 1. The van der Waals surface area contributed by atoms with Gasteiger partial charge in [0.15, 0.2) is 0 Å². The highest BCUT2D eigenvalue weighted by molar-refractivity contribution is 5.76. The molecule has 0 spiro atoms. The van der Waals surface area contributed by atoms with Crippen LogP contribution in [0.5, 0.6) is 0 Å². The Morgan fingerprint density at radius 1 is 1.26 bits per heavy atom. The zero-order valence-corrected chi connectivity index (χ0v) is 11.8. The topological polar surface area (TPSA) is 52.9 Å². The van der Waals surface area contributed by atoms with E-state index in [0.717, 1.165) is 24.2 Å². The fourth-order valence-electron chi connectivity index (χ4n) is 5.31. The van der Waals surface area contributed by atoms with Crippen molar-refractivity contribution in [1.29, 1.82) is 5.26 Å². The fraction of sp³-hybridized carbons (Fsp3) is 0.875. The highest BCUT2D eigenvalue weighted by atomic mass is 16.1. The lowest BCUT2D eigenvalue weighted by Crippen LogP contribution is -2.56. The molecule has 0 aromatic carbocycles. The van der Waals surface area contributed by atoms with E-state index in [0.29, 0.717) is 6.42 Å². The van der Waals surface area contributed by atoms with Crippen LogP contribution in [0.25, 0.3) is 0 Å². The Labute approximate surface area is 115 Å². The van der Waals surface area contributed by atoms with Crippen LogP contribution in [0.15, 0.2) is 0 Å². The van der Waals surface area contributed by atoms with E-state index in [1.165, 1.54) is 38.5 Å². The van der Waals surface area contributed by atoms with E-state index in [2.05, 4.69) is 11.4 Å². The van der Waals surface area contributed by atoms with Crippen molar-refractivity contribution in [2.24, 2.45) is 23.2 Å². The summed E-state index contributed by atoms with van der Waals surface area (Å²) in [5.74, 6) is 2.53. The number of nitrogens with one attached hydrogen (secondary N) is 1. The van der Waals surface area contributed by atoms with Gasteiger partial charge in [0.05, 0.1) is 6.07 Å². The number of hydrogen-bond acceptors (Lipinski definition) is 2. The van der Waals surface area contributed by atoms with E-state index in [9.17, 15) is 10.1 Å². The summed E-state index contributed by atoms with van der Waals surface area (Å²) < 4.78 is 0. The van der Waals surface area contributed by atoms with Crippen LogP contribution in [0.4, 0.5) is 0 Å². The molecule has 4 aliphatic carbocycles. The Bertz CT molecular complexity index is 374. The second kappa shape index (κ2) is 4.81. The van der Waals surface area contributed by atoms with E-state index >= 15 is 0 Å². The van der Waals surface area contributed by atoms with Crippen molar-refractivity contribution in [3.63, 3.8) is 0 Å². The molecule has 0 aliphatic heterocycles. The molecule has 0 aromatic rings. The van der Waals surface area contributed by atoms with Crippen molar-refractivity contribution in [2.45, 2.75) is 64.3 Å². The smallest absolute Gasteiger partial charge is 0.221 e. The summed E-state index contributed by atoms with van der Waals surface area (Å²) in [5, 5.41) is 12.6. The van der Waals surface area contributed by atoms with Crippen molar-refractivity contribution in [3.05, 3.63) is 0 Å². The van der Waals surface area contributed by atoms with Gasteiger partial charge in [-0.3, -0.25) is 4.79 Å². The SMILES string of the molecule is CCCC(=O)NC(C#N)C12CC3CC(CC(C3)C1)C2. The number of nitrogens with zero attached hydrogens (tertiary/aromatic N) is 1. The van der Waals surface area contributed by atoms with Crippen LogP contribution in [-0.4, -0.2) is 11.9 Å². The Hall–Kier alpha value is -1.04. The number of nitriles is 1. The standard InChI is InChI=1S/C16H24N2O/c1-2-3-15(19)18-14(10-17)16-7-11-4-12(8-16)6-13(5-11)9-16/h11-14H,2-9H2,1H3,(H,18,19). The predicted molar refractivity (Wildman–Crippen MR) is 73.1 cm³/mol. The van der Waals surface area contributed by atoms with Gasteiger partial charge in [0.1, 0.15) is 6.04 Å². The highest BCUT2D eigenvalue weighted by Crippen LogP contribution is 2.61. The summed E-state index contributed by atoms with van der Waals surface area (Å²) in [5.41, 5.74) is 0.104. The minimum Gasteiger partial charge on any atom is -0.340 e. The molecule has 0 saturated heterocycles. The van der Waals surface area contributed by atoms with Gasteiger partial charge in [0.2, 0.25) is 5.91 Å². The van der Waals surface area contributed by atoms with Crippen LogP contribution in [0.2, 0.25) is 0 Å². The predicted octanol–water partition coefficient (Wildman–Crippen LogP) is 3.01. The van der Waals surface area contributed by atoms with Gasteiger partial charge in [-0.25, -0.2) is 0 Å². The minimum atomic E-state index is -0.250. The Balaban J connectivity index is 1.75. The quantitative estimate of drug-likeness (QED) is 0.844. The van der Waals surface area contributed by atoms with Crippen molar-refractivity contribution in [2.75, 3.05) is 0 Å². The summed E-state index contributed by atoms with van der Waals surface area (Å²) in [6, 6.07) is 2.17. The maximum atomic E-state index is 11.8. The fourth-order valence-corrected chi connectivity index (χ4v) is 5.31. The van der Waals surface area contributed by atoms with Gasteiger partial charge in [0.25, 0.3) is 0 Å². The van der Waals surface area contributed by atoms with Crippen molar-refractivity contribution >= 4 is 5.91 Å². The van der Waals surface area contributed by atoms with Gasteiger partial charge in [-0.05, 0) is 62.7 Å². The molecule has 4 rings (SSSR count). The third kappa shape index (κ3) is 2.26. The number of rotatable bonds is 4. The monoisotopic (exact) mass is 260 g/mol. The molecule has 0 heterocycles. The van der Waals surface area contributed by atoms with Gasteiger partial charge < -0.3 is 5.32 Å². The first kappa shape index (κ1) is 13.0. The van der Waals surface area contributed by atoms with E-state index in [1.807, 2.05) is 6.92 Å². The first-order valence-corrected chi connectivity index (χ1v) is 7.84. The van der Waals surface area contributed by atoms with Crippen LogP contribution < -0.4 is 5.32 Å². The average Bonchev–Trinajstić information content (AvgIpc) is 2.34. The van der Waals surface area contributed by atoms with Crippen LogP contribution in [0, 0.1) is 34.5 Å². The van der Waals surface area contributed by atoms with E-state index in [4.69, 9.17) is 0 Å². The third-order valence-corrected chi connectivity index (χ3v) is 5.61. The van der Waals surface area contributed by atoms with Crippen LogP contribution in [0.1, 0.15) is 58.3 Å². The van der Waals surface area contributed by atoms with Crippen LogP contribution in [0.3, 0.4) is 0 Å². The molecule has 4 bridgehead atoms. The zero-order valence-electron chi connectivity index (χ0n) is 11.8. The largest absolute Gasteiger partial charge is 0.340 e. The lowest BCUT2D eigenvalue weighted by atomic mass is 9.48. The molecule has 3 nitrogen and oxygen atoms in total. The summed E-state index contributed by atoms with van der Waals surface area (Å²) >= 11 is 0. The number of hydrogen-bond donors (Lipinski definition) is 1. The average molecular weight is 260 g/mol. The third-order valence-electron chi connectivity index (χ3n) is 5.61. The highest BCUT2D eigenvalue weighted by Gasteiger charge is 2.54. The van der Waals surface area contributed by atoms with E-state index < -0.39 is 0 Å². The molecule has 1 amide bonds. The lowest BCUT2D eigenvalue weighted by Gasteiger charge is -2.58. The van der Waals surface area contributed by atoms with Crippen LogP contribution in [-0.2, 0) is 4.79 Å². The minimum absolute atomic E-state index is 0.0600. The van der Waals surface area contributed by atoms with Gasteiger partial charge in [-0.1, -0.05) is 6.92 Å². The molecule has 1 N–H and O–H groups in total. The summed E-state index contributed by atoms with van der Waals surface area (Å²) in [7, 11) is 0. The Morgan fingerprint density at radius 2 is 1.79 bits per heavy atom. The van der Waals surface area contributed by atoms with Gasteiger partial charge >= 0.3 is 0 Å². The zero-order chi connectivity index (χ0) is 13.5. The summed E-state index contributed by atoms with van der Waals surface area (Å²) in [4.78, 5) is 11.8. The maximum absolute atomic E-state index is 11.8. The molecular formula is C16H24N2O. The first-order valence-electron chi connectivity index (χ1n) is 7.84. The molecule has 0 aromatic heterocycles. The summed E-state index contributed by atoms with van der Waals surface area (Å²) in [6.45, 7) is 2.01. The first-order chi connectivity index (χ1) is 9.15. The molecule has 0 radical (unpaired) electrons. The Morgan fingerprint density at radius 3 is 2.21 bits per heavy atom. The molecular weight excluding hydrogens is 236 g/mol. The van der Waals surface area contributed by atoms with Gasteiger partial charge in [0, 0.05) is 11.8 Å². The summed E-state index contributed by atoms with van der Waals surface area (Å²) in [6.07, 6.45) is 9.03. The molecule has 19 heavy (non-hydrogen) atoms. The molecule has 4 fully saturated rings. The van der Waals surface area contributed by atoms with Gasteiger partial charge in [-0.2, -0.15) is 5.26 Å². The lowest BCUT2D eigenvalue weighted by molar-refractivity contribution is -0.124. The molecule has 1 unspecified atom stereocenters. The van der Waals surface area contributed by atoms with E-state index in [-0.39, 0.29) is 17.4 Å². The maximum Gasteiger partial charge on any atom is 0.221 e. The second-order valence-electron chi connectivity index (χ2n) is 7.16. The Kier molecular flexibility index (Phi) is 3.28. The van der Waals surface area contributed by atoms with Crippen LogP contribution >= 0.6 is 0 Å². The van der Waals surface area contributed by atoms with Crippen molar-refractivity contribution in [1.82, 2.24) is 5.32 Å². The second-order valence-corrected chi connectivity index (χ2v) is 7.16. The molecule has 1 atom stereocenters. The van der Waals surface area contributed by atoms with Crippen molar-refractivity contribution in [3.8, 4) is 6.07 Å². The molecule has 3 heteroatoms. The van der Waals surface area contributed by atoms with E-state index in [1.54, 1.807) is 0 Å². The van der Waals surface area contributed by atoms with Gasteiger partial charge in [-0.15, -0.1) is 0 Å². The number of carbonyl (C=O) groups excluding carboxylic acids is 1. The molecule has 4 aliphatic rings. The number of amides is 1. The van der Waals surface area contributed by atoms with Crippen molar-refractivity contribution < 1.29 is 4.79 Å². The normalized spacial score (nSPS) is 40.7.